The van der Waals surface area contributed by atoms with E-state index >= 15 is 0 Å². The van der Waals surface area contributed by atoms with Gasteiger partial charge in [0.2, 0.25) is 5.91 Å². The van der Waals surface area contributed by atoms with Gasteiger partial charge in [-0.1, -0.05) is 42.5 Å². The van der Waals surface area contributed by atoms with Crippen molar-refractivity contribution in [1.82, 2.24) is 14.9 Å². The molecule has 0 N–H and O–H groups in total. The summed E-state index contributed by atoms with van der Waals surface area (Å²) in [6.45, 7) is 5.49. The van der Waals surface area contributed by atoms with E-state index < -0.39 is 0 Å². The number of benzene rings is 2. The highest BCUT2D eigenvalue weighted by Gasteiger charge is 2.27. The van der Waals surface area contributed by atoms with Crippen LogP contribution in [0.5, 0.6) is 5.75 Å². The lowest BCUT2D eigenvalue weighted by molar-refractivity contribution is -0.131. The molecule has 0 spiro atoms. The molecule has 1 amide bonds. The molecule has 0 bridgehead atoms. The van der Waals surface area contributed by atoms with Crippen LogP contribution in [0.15, 0.2) is 54.6 Å². The van der Waals surface area contributed by atoms with Crippen LogP contribution in [0.3, 0.4) is 0 Å². The Bertz CT molecular complexity index is 1080. The molecule has 0 aliphatic carbocycles. The van der Waals surface area contributed by atoms with Gasteiger partial charge in [-0.2, -0.15) is 0 Å². The van der Waals surface area contributed by atoms with Crippen LogP contribution in [0.1, 0.15) is 30.7 Å². The lowest BCUT2D eigenvalue weighted by atomic mass is 10.0. The van der Waals surface area contributed by atoms with E-state index in [0.717, 1.165) is 46.2 Å². The number of anilines is 1. The highest BCUT2D eigenvalue weighted by Crippen LogP contribution is 2.30. The smallest absolute Gasteiger partial charge is 0.227 e. The summed E-state index contributed by atoms with van der Waals surface area (Å²) >= 11 is 0. The van der Waals surface area contributed by atoms with Gasteiger partial charge >= 0.3 is 0 Å². The van der Waals surface area contributed by atoms with Crippen LogP contribution in [0.2, 0.25) is 0 Å². The van der Waals surface area contributed by atoms with Crippen LogP contribution in [-0.2, 0) is 24.2 Å². The summed E-state index contributed by atoms with van der Waals surface area (Å²) in [5, 5.41) is 0. The van der Waals surface area contributed by atoms with Crippen molar-refractivity contribution in [3.8, 4) is 17.1 Å². The van der Waals surface area contributed by atoms with Gasteiger partial charge in [-0.05, 0) is 31.5 Å². The number of carbonyl (C=O) groups is 1. The molecule has 3 aromatic rings. The molecule has 2 heterocycles. The molecule has 0 saturated heterocycles. The van der Waals surface area contributed by atoms with Gasteiger partial charge < -0.3 is 14.5 Å². The zero-order valence-corrected chi connectivity index (χ0v) is 19.2. The molecule has 1 aromatic heterocycles. The first-order valence-corrected chi connectivity index (χ1v) is 11.0. The standard InChI is InChI=1S/C26H30N4O2/c1-18(2)29(3)26-22-17-30(24(31)16-19-10-12-21(32-4)13-11-19)15-14-23(22)27-25(28-26)20-8-6-5-7-9-20/h5-13,18H,14-17H2,1-4H3. The van der Waals surface area contributed by atoms with Crippen LogP contribution in [0.4, 0.5) is 5.82 Å². The van der Waals surface area contributed by atoms with E-state index in [9.17, 15) is 4.79 Å². The molecule has 6 heteroatoms. The molecule has 166 valence electrons. The predicted octanol–water partition coefficient (Wildman–Crippen LogP) is 4.12. The maximum atomic E-state index is 13.1. The van der Waals surface area contributed by atoms with Crippen LogP contribution in [-0.4, -0.2) is 47.5 Å². The van der Waals surface area contributed by atoms with E-state index in [-0.39, 0.29) is 11.9 Å². The minimum atomic E-state index is 0.117. The van der Waals surface area contributed by atoms with Gasteiger partial charge in [0.25, 0.3) is 0 Å². The highest BCUT2D eigenvalue weighted by atomic mass is 16.5. The maximum Gasteiger partial charge on any atom is 0.227 e. The van der Waals surface area contributed by atoms with Crippen molar-refractivity contribution in [3.63, 3.8) is 0 Å². The highest BCUT2D eigenvalue weighted by molar-refractivity contribution is 5.79. The Hall–Kier alpha value is -3.41. The summed E-state index contributed by atoms with van der Waals surface area (Å²) in [6.07, 6.45) is 1.10. The van der Waals surface area contributed by atoms with Crippen LogP contribution in [0.25, 0.3) is 11.4 Å². The Morgan fingerprint density at radius 1 is 1.09 bits per heavy atom. The van der Waals surface area contributed by atoms with Gasteiger partial charge in [-0.25, -0.2) is 9.97 Å². The average molecular weight is 431 g/mol. The van der Waals surface area contributed by atoms with Gasteiger partial charge in [-0.15, -0.1) is 0 Å². The molecular weight excluding hydrogens is 400 g/mol. The number of nitrogens with zero attached hydrogens (tertiary/aromatic N) is 4. The molecule has 32 heavy (non-hydrogen) atoms. The molecular formula is C26H30N4O2. The summed E-state index contributed by atoms with van der Waals surface area (Å²) in [7, 11) is 3.70. The number of hydrogen-bond acceptors (Lipinski definition) is 5. The second-order valence-corrected chi connectivity index (χ2v) is 8.46. The number of rotatable bonds is 6. The fraction of sp³-hybridized carbons (Fsp3) is 0.346. The fourth-order valence-corrected chi connectivity index (χ4v) is 3.89. The third-order valence-corrected chi connectivity index (χ3v) is 6.05. The number of carbonyl (C=O) groups excluding carboxylic acids is 1. The van der Waals surface area contributed by atoms with E-state index in [4.69, 9.17) is 14.7 Å². The Morgan fingerprint density at radius 2 is 1.81 bits per heavy atom. The van der Waals surface area contributed by atoms with Crippen LogP contribution < -0.4 is 9.64 Å². The monoisotopic (exact) mass is 430 g/mol. The van der Waals surface area contributed by atoms with Gasteiger partial charge in [0.15, 0.2) is 5.82 Å². The van der Waals surface area contributed by atoms with Gasteiger partial charge in [0.05, 0.1) is 25.8 Å². The Labute approximate surface area is 189 Å². The average Bonchev–Trinajstić information content (AvgIpc) is 2.83. The second kappa shape index (κ2) is 9.39. The van der Waals surface area contributed by atoms with Crippen LogP contribution >= 0.6 is 0 Å². The predicted molar refractivity (Wildman–Crippen MR) is 127 cm³/mol. The summed E-state index contributed by atoms with van der Waals surface area (Å²) in [5.41, 5.74) is 4.08. The number of ether oxygens (including phenoxy) is 1. The van der Waals surface area contributed by atoms with Crippen LogP contribution in [0, 0.1) is 0 Å². The van der Waals surface area contributed by atoms with E-state index in [1.54, 1.807) is 7.11 Å². The van der Waals surface area contributed by atoms with Crippen molar-refractivity contribution >= 4 is 11.7 Å². The molecule has 6 nitrogen and oxygen atoms in total. The maximum absolute atomic E-state index is 13.1. The minimum Gasteiger partial charge on any atom is -0.497 e. The largest absolute Gasteiger partial charge is 0.497 e. The first kappa shape index (κ1) is 21.8. The zero-order chi connectivity index (χ0) is 22.7. The van der Waals surface area contributed by atoms with Crippen molar-refractivity contribution in [3.05, 3.63) is 71.4 Å². The summed E-state index contributed by atoms with van der Waals surface area (Å²) in [4.78, 5) is 27.0. The molecule has 0 atom stereocenters. The first-order chi connectivity index (χ1) is 15.5. The SMILES string of the molecule is COc1ccc(CC(=O)N2CCc3nc(-c4ccccc4)nc(N(C)C(C)C)c3C2)cc1. The Kier molecular flexibility index (Phi) is 6.40. The summed E-state index contributed by atoms with van der Waals surface area (Å²) in [6, 6.07) is 18.0. The molecule has 0 fully saturated rings. The minimum absolute atomic E-state index is 0.117. The third kappa shape index (κ3) is 4.59. The number of methoxy groups -OCH3 is 1. The molecule has 1 aliphatic rings. The first-order valence-electron chi connectivity index (χ1n) is 11.0. The summed E-state index contributed by atoms with van der Waals surface area (Å²) < 4.78 is 5.21. The lowest BCUT2D eigenvalue weighted by Gasteiger charge is -2.33. The van der Waals surface area contributed by atoms with Crippen molar-refractivity contribution in [2.45, 2.75) is 39.3 Å². The van der Waals surface area contributed by atoms with E-state index in [0.29, 0.717) is 19.5 Å². The zero-order valence-electron chi connectivity index (χ0n) is 19.2. The van der Waals surface area contributed by atoms with Crippen molar-refractivity contribution in [1.29, 1.82) is 0 Å². The van der Waals surface area contributed by atoms with Crippen molar-refractivity contribution < 1.29 is 9.53 Å². The van der Waals surface area contributed by atoms with Crippen molar-refractivity contribution in [2.75, 3.05) is 25.6 Å². The molecule has 0 saturated carbocycles. The third-order valence-electron chi connectivity index (χ3n) is 6.05. The lowest BCUT2D eigenvalue weighted by Crippen LogP contribution is -2.39. The molecule has 4 rings (SSSR count). The number of hydrogen-bond donors (Lipinski definition) is 0. The molecule has 0 radical (unpaired) electrons. The number of fused-ring (bicyclic) bond motifs is 1. The number of aromatic nitrogens is 2. The van der Waals surface area contributed by atoms with Crippen molar-refractivity contribution in [2.24, 2.45) is 0 Å². The molecule has 2 aromatic carbocycles. The Balaban J connectivity index is 1.61. The van der Waals surface area contributed by atoms with Gasteiger partial charge in [0, 0.05) is 37.2 Å². The second-order valence-electron chi connectivity index (χ2n) is 8.46. The number of amides is 1. The van der Waals surface area contributed by atoms with E-state index in [1.165, 1.54) is 0 Å². The van der Waals surface area contributed by atoms with Gasteiger partial charge in [-0.3, -0.25) is 4.79 Å². The molecule has 0 unspecified atom stereocenters. The topological polar surface area (TPSA) is 58.6 Å². The van der Waals surface area contributed by atoms with E-state index in [2.05, 4.69) is 25.8 Å². The molecule has 1 aliphatic heterocycles. The Morgan fingerprint density at radius 3 is 2.47 bits per heavy atom. The van der Waals surface area contributed by atoms with Gasteiger partial charge in [0.1, 0.15) is 11.6 Å². The summed E-state index contributed by atoms with van der Waals surface area (Å²) in [5.74, 6) is 2.56. The van der Waals surface area contributed by atoms with E-state index in [1.807, 2.05) is 59.5 Å². The quantitative estimate of drug-likeness (QED) is 0.589. The fourth-order valence-electron chi connectivity index (χ4n) is 3.89. The normalized spacial score (nSPS) is 13.1.